The molecule has 6 heteroatoms. The van der Waals surface area contributed by atoms with Crippen molar-refractivity contribution in [2.24, 2.45) is 0 Å². The highest BCUT2D eigenvalue weighted by molar-refractivity contribution is 7.99. The summed E-state index contributed by atoms with van der Waals surface area (Å²) in [6, 6.07) is 4.79. The molecule has 0 saturated carbocycles. The number of nitro groups is 1. The van der Waals surface area contributed by atoms with E-state index in [0.29, 0.717) is 0 Å². The molecule has 0 aliphatic heterocycles. The highest BCUT2D eigenvalue weighted by Crippen LogP contribution is 2.30. The van der Waals surface area contributed by atoms with Crippen LogP contribution >= 0.6 is 11.8 Å². The van der Waals surface area contributed by atoms with E-state index in [1.165, 1.54) is 13.2 Å². The summed E-state index contributed by atoms with van der Waals surface area (Å²) in [5.74, 6) is 0.270. The third-order valence-corrected chi connectivity index (χ3v) is 3.90. The van der Waals surface area contributed by atoms with Gasteiger partial charge in [0.2, 0.25) is 0 Å². The normalized spacial score (nSPS) is 11.1. The molecule has 0 heterocycles. The van der Waals surface area contributed by atoms with Crippen LogP contribution in [0.25, 0.3) is 0 Å². The SMILES string of the molecule is COc1cc(NCC(C)(C)SC)ccc1[N+](=O)[O-]. The number of rotatable bonds is 6. The summed E-state index contributed by atoms with van der Waals surface area (Å²) < 4.78 is 5.12. The Morgan fingerprint density at radius 1 is 1.50 bits per heavy atom. The largest absolute Gasteiger partial charge is 0.490 e. The summed E-state index contributed by atoms with van der Waals surface area (Å²) in [7, 11) is 1.43. The highest BCUT2D eigenvalue weighted by atomic mass is 32.2. The number of nitrogens with zero attached hydrogens (tertiary/aromatic N) is 1. The minimum absolute atomic E-state index is 0.0211. The Kier molecular flexibility index (Phi) is 4.84. The first-order chi connectivity index (χ1) is 8.39. The van der Waals surface area contributed by atoms with Gasteiger partial charge in [0.15, 0.2) is 5.75 Å². The van der Waals surface area contributed by atoms with E-state index in [9.17, 15) is 10.1 Å². The summed E-state index contributed by atoms with van der Waals surface area (Å²) >= 11 is 1.76. The van der Waals surface area contributed by atoms with Crippen LogP contribution in [0.1, 0.15) is 13.8 Å². The van der Waals surface area contributed by atoms with E-state index in [2.05, 4.69) is 25.4 Å². The van der Waals surface area contributed by atoms with E-state index in [1.54, 1.807) is 23.9 Å². The minimum atomic E-state index is -0.450. The van der Waals surface area contributed by atoms with Crippen molar-refractivity contribution >= 4 is 23.1 Å². The monoisotopic (exact) mass is 270 g/mol. The van der Waals surface area contributed by atoms with Gasteiger partial charge < -0.3 is 10.1 Å². The van der Waals surface area contributed by atoms with Gasteiger partial charge in [-0.3, -0.25) is 10.1 Å². The molecule has 0 aromatic heterocycles. The van der Waals surface area contributed by atoms with E-state index in [0.717, 1.165) is 12.2 Å². The standard InChI is InChI=1S/C12H18N2O3S/c1-12(2,18-4)8-13-9-5-6-10(14(15)16)11(7-9)17-3/h5-7,13H,8H2,1-4H3. The molecule has 0 spiro atoms. The third-order valence-electron chi connectivity index (χ3n) is 2.65. The highest BCUT2D eigenvalue weighted by Gasteiger charge is 2.17. The van der Waals surface area contributed by atoms with Gasteiger partial charge in [-0.2, -0.15) is 11.8 Å². The lowest BCUT2D eigenvalue weighted by Gasteiger charge is -2.23. The van der Waals surface area contributed by atoms with Gasteiger partial charge in [-0.15, -0.1) is 0 Å². The first kappa shape index (κ1) is 14.6. The number of methoxy groups -OCH3 is 1. The van der Waals surface area contributed by atoms with Gasteiger partial charge in [0.05, 0.1) is 12.0 Å². The fourth-order valence-corrected chi connectivity index (χ4v) is 1.54. The van der Waals surface area contributed by atoms with Crippen molar-refractivity contribution in [3.05, 3.63) is 28.3 Å². The molecule has 100 valence electrons. The third kappa shape index (κ3) is 3.80. The second kappa shape index (κ2) is 5.95. The Morgan fingerprint density at radius 2 is 2.17 bits per heavy atom. The number of nitro benzene ring substituents is 1. The van der Waals surface area contributed by atoms with Crippen LogP contribution < -0.4 is 10.1 Å². The summed E-state index contributed by atoms with van der Waals surface area (Å²) in [6.45, 7) is 5.04. The number of hydrogen-bond acceptors (Lipinski definition) is 5. The molecule has 0 saturated heterocycles. The molecule has 0 unspecified atom stereocenters. The minimum Gasteiger partial charge on any atom is -0.490 e. The van der Waals surface area contributed by atoms with Gasteiger partial charge in [-0.25, -0.2) is 0 Å². The van der Waals surface area contributed by atoms with Gasteiger partial charge in [0.25, 0.3) is 0 Å². The first-order valence-corrected chi connectivity index (χ1v) is 6.73. The molecule has 0 aliphatic carbocycles. The number of thioether (sulfide) groups is 1. The van der Waals surface area contributed by atoms with Gasteiger partial charge in [-0.1, -0.05) is 0 Å². The quantitative estimate of drug-likeness (QED) is 0.635. The van der Waals surface area contributed by atoms with E-state index in [-0.39, 0.29) is 16.2 Å². The van der Waals surface area contributed by atoms with Crippen molar-refractivity contribution in [1.82, 2.24) is 0 Å². The van der Waals surface area contributed by atoms with Gasteiger partial charge in [0, 0.05) is 29.1 Å². The Morgan fingerprint density at radius 3 is 2.67 bits per heavy atom. The van der Waals surface area contributed by atoms with Gasteiger partial charge >= 0.3 is 5.69 Å². The van der Waals surface area contributed by atoms with Crippen molar-refractivity contribution in [3.63, 3.8) is 0 Å². The van der Waals surface area contributed by atoms with Crippen LogP contribution in [0.4, 0.5) is 11.4 Å². The smallest absolute Gasteiger partial charge is 0.311 e. The van der Waals surface area contributed by atoms with Crippen LogP contribution in [-0.2, 0) is 0 Å². The number of ether oxygens (including phenoxy) is 1. The van der Waals surface area contributed by atoms with Crippen LogP contribution in [-0.4, -0.2) is 29.6 Å². The lowest BCUT2D eigenvalue weighted by atomic mass is 10.2. The molecule has 0 bridgehead atoms. The molecular weight excluding hydrogens is 252 g/mol. The number of hydrogen-bond donors (Lipinski definition) is 1. The van der Waals surface area contributed by atoms with Crippen molar-refractivity contribution < 1.29 is 9.66 Å². The van der Waals surface area contributed by atoms with E-state index in [4.69, 9.17) is 4.74 Å². The maximum atomic E-state index is 10.8. The number of anilines is 1. The molecule has 0 radical (unpaired) electrons. The molecule has 5 nitrogen and oxygen atoms in total. The van der Waals surface area contributed by atoms with Crippen molar-refractivity contribution in [2.75, 3.05) is 25.2 Å². The molecule has 1 rings (SSSR count). The lowest BCUT2D eigenvalue weighted by Crippen LogP contribution is -2.25. The molecule has 1 N–H and O–H groups in total. The molecule has 0 aliphatic rings. The average molecular weight is 270 g/mol. The van der Waals surface area contributed by atoms with Crippen LogP contribution in [0.15, 0.2) is 18.2 Å². The molecule has 18 heavy (non-hydrogen) atoms. The first-order valence-electron chi connectivity index (χ1n) is 5.51. The Hall–Kier alpha value is -1.43. The number of benzene rings is 1. The zero-order chi connectivity index (χ0) is 13.8. The number of nitrogens with one attached hydrogen (secondary N) is 1. The van der Waals surface area contributed by atoms with E-state index >= 15 is 0 Å². The fraction of sp³-hybridized carbons (Fsp3) is 0.500. The lowest BCUT2D eigenvalue weighted by molar-refractivity contribution is -0.385. The van der Waals surface area contributed by atoms with Crippen LogP contribution in [0.5, 0.6) is 5.75 Å². The molecule has 0 atom stereocenters. The van der Waals surface area contributed by atoms with Crippen LogP contribution in [0.2, 0.25) is 0 Å². The summed E-state index contributed by atoms with van der Waals surface area (Å²) in [6.07, 6.45) is 2.05. The summed E-state index contributed by atoms with van der Waals surface area (Å²) in [5.41, 5.74) is 0.798. The molecular formula is C12H18N2O3S. The average Bonchev–Trinajstić information content (AvgIpc) is 2.36. The van der Waals surface area contributed by atoms with E-state index < -0.39 is 4.92 Å². The molecule has 0 amide bonds. The van der Waals surface area contributed by atoms with Crippen molar-refractivity contribution in [3.8, 4) is 5.75 Å². The Bertz CT molecular complexity index is 435. The van der Waals surface area contributed by atoms with Gasteiger partial charge in [0.1, 0.15) is 0 Å². The second-order valence-corrected chi connectivity index (χ2v) is 5.97. The fourth-order valence-electron chi connectivity index (χ4n) is 1.33. The van der Waals surface area contributed by atoms with Crippen LogP contribution in [0.3, 0.4) is 0 Å². The summed E-state index contributed by atoms with van der Waals surface area (Å²) in [4.78, 5) is 10.3. The maximum Gasteiger partial charge on any atom is 0.311 e. The molecule has 1 aromatic carbocycles. The molecule has 1 aromatic rings. The predicted octanol–water partition coefficient (Wildman–Crippen LogP) is 3.16. The van der Waals surface area contributed by atoms with Crippen molar-refractivity contribution in [2.45, 2.75) is 18.6 Å². The predicted molar refractivity (Wildman–Crippen MR) is 75.7 cm³/mol. The second-order valence-electron chi connectivity index (χ2n) is 4.46. The van der Waals surface area contributed by atoms with Gasteiger partial charge in [-0.05, 0) is 26.2 Å². The Labute approximate surface area is 111 Å². The van der Waals surface area contributed by atoms with Crippen molar-refractivity contribution in [1.29, 1.82) is 0 Å². The zero-order valence-electron chi connectivity index (χ0n) is 11.0. The van der Waals surface area contributed by atoms with E-state index in [1.807, 2.05) is 0 Å². The zero-order valence-corrected chi connectivity index (χ0v) is 11.8. The Balaban J connectivity index is 2.83. The maximum absolute atomic E-state index is 10.8. The summed E-state index contributed by atoms with van der Waals surface area (Å²) in [5, 5.41) is 14.0. The topological polar surface area (TPSA) is 64.4 Å². The van der Waals surface area contributed by atoms with Crippen LogP contribution in [0, 0.1) is 10.1 Å². The molecule has 0 fully saturated rings.